The second kappa shape index (κ2) is 4.33. The molecule has 0 fully saturated rings. The van der Waals surface area contributed by atoms with Gasteiger partial charge in [-0.3, -0.25) is 0 Å². The van der Waals surface area contributed by atoms with Crippen molar-refractivity contribution in [3.63, 3.8) is 0 Å². The molecule has 0 atom stereocenters. The van der Waals surface area contributed by atoms with E-state index in [0.29, 0.717) is 5.92 Å². The molecule has 0 saturated heterocycles. The topological polar surface area (TPSA) is 20.2 Å². The first-order chi connectivity index (χ1) is 10.9. The summed E-state index contributed by atoms with van der Waals surface area (Å²) in [6.07, 6.45) is 0. The molecular weight excluding hydrogens is 335 g/mol. The Morgan fingerprint density at radius 2 is 1.00 bits per heavy atom. The van der Waals surface area contributed by atoms with Crippen molar-refractivity contribution in [2.75, 3.05) is 0 Å². The van der Waals surface area contributed by atoms with Gasteiger partial charge >= 0.3 is 136 Å². The summed E-state index contributed by atoms with van der Waals surface area (Å²) < 4.78 is 10.2. The molecule has 3 aliphatic carbocycles. The van der Waals surface area contributed by atoms with Crippen LogP contribution in [0.4, 0.5) is 0 Å². The first-order valence-corrected chi connectivity index (χ1v) is 9.11. The van der Waals surface area contributed by atoms with Gasteiger partial charge in [0.05, 0.1) is 0 Å². The predicted molar refractivity (Wildman–Crippen MR) is 88.1 cm³/mol. The molecule has 106 valence electrons. The second-order valence-electron chi connectivity index (χ2n) is 5.97. The molecule has 0 amide bonds. The quantitative estimate of drug-likeness (QED) is 0.668. The maximum absolute atomic E-state index is 10.6. The van der Waals surface area contributed by atoms with Crippen LogP contribution in [0.25, 0.3) is 0 Å². The fourth-order valence-corrected chi connectivity index (χ4v) is 6.08. The monoisotopic (exact) mass is 350 g/mol. The van der Waals surface area contributed by atoms with Crippen molar-refractivity contribution in [1.29, 1.82) is 0 Å². The fourth-order valence-electron chi connectivity index (χ4n) is 4.29. The van der Waals surface area contributed by atoms with Crippen molar-refractivity contribution in [3.05, 3.63) is 106 Å². The third-order valence-corrected chi connectivity index (χ3v) is 7.05. The summed E-state index contributed by atoms with van der Waals surface area (Å²) >= 11 is -0.541. The van der Waals surface area contributed by atoms with Crippen LogP contribution in [0.1, 0.15) is 39.3 Å². The molecule has 0 heterocycles. The average molecular weight is 349 g/mol. The van der Waals surface area contributed by atoms with Crippen LogP contribution in [0, 0.1) is 0 Å². The van der Waals surface area contributed by atoms with Crippen molar-refractivity contribution in [2.24, 2.45) is 0 Å². The molecule has 22 heavy (non-hydrogen) atoms. The van der Waals surface area contributed by atoms with E-state index in [1.54, 1.807) is 0 Å². The summed E-state index contributed by atoms with van der Waals surface area (Å²) in [4.78, 5) is 0. The van der Waals surface area contributed by atoms with Gasteiger partial charge in [-0.1, -0.05) is 0 Å². The van der Waals surface area contributed by atoms with Crippen LogP contribution in [0.2, 0.25) is 0 Å². The van der Waals surface area contributed by atoms with Gasteiger partial charge in [-0.25, -0.2) is 0 Å². The van der Waals surface area contributed by atoms with E-state index in [1.807, 2.05) is 0 Å². The fraction of sp³-hybridized carbons (Fsp3) is 0.100. The Bertz CT molecular complexity index is 784. The molecule has 0 radical (unpaired) electrons. The van der Waals surface area contributed by atoms with E-state index in [2.05, 4.69) is 72.8 Å². The zero-order valence-electron chi connectivity index (χ0n) is 11.9. The van der Waals surface area contributed by atoms with E-state index in [-0.39, 0.29) is 4.31 Å². The van der Waals surface area contributed by atoms with Crippen LogP contribution in [0.5, 0.6) is 0 Å². The second-order valence-corrected chi connectivity index (χ2v) is 7.64. The Morgan fingerprint density at radius 1 is 0.636 bits per heavy atom. The third-order valence-electron chi connectivity index (χ3n) is 5.09. The summed E-state index contributed by atoms with van der Waals surface area (Å²) in [5.74, 6) is 0.299. The molecule has 3 aromatic rings. The molecule has 0 aliphatic heterocycles. The molecule has 1 nitrogen and oxygen atoms in total. The molecule has 1 N–H and O–H groups in total. The van der Waals surface area contributed by atoms with Gasteiger partial charge in [0.15, 0.2) is 0 Å². The number of benzene rings is 3. The molecule has 3 aliphatic rings. The number of hydrogen-bond donors (Lipinski definition) is 1. The van der Waals surface area contributed by atoms with E-state index >= 15 is 0 Å². The molecule has 2 bridgehead atoms. The van der Waals surface area contributed by atoms with E-state index in [1.165, 1.54) is 33.4 Å². The summed E-state index contributed by atoms with van der Waals surface area (Å²) in [5.41, 5.74) is 7.95. The standard InChI is InChI=1S/C20H14OSe/c21-22-20-16-10-4-1-7-13(16)19(14-8-2-5-11-17(14)20)15-9-3-6-12-18(15)20/h1-12,19,21H. The van der Waals surface area contributed by atoms with Crippen molar-refractivity contribution in [2.45, 2.75) is 10.2 Å². The van der Waals surface area contributed by atoms with Crippen molar-refractivity contribution >= 4 is 15.3 Å². The molecule has 0 spiro atoms. The average Bonchev–Trinajstić information content (AvgIpc) is 2.61. The first-order valence-electron chi connectivity index (χ1n) is 7.48. The van der Waals surface area contributed by atoms with E-state index in [0.717, 1.165) is 0 Å². The van der Waals surface area contributed by atoms with Crippen LogP contribution in [0.3, 0.4) is 0 Å². The molecule has 0 saturated carbocycles. The van der Waals surface area contributed by atoms with Gasteiger partial charge in [-0.15, -0.1) is 0 Å². The number of rotatable bonds is 1. The molecule has 0 aromatic heterocycles. The molecule has 6 rings (SSSR count). The van der Waals surface area contributed by atoms with Crippen molar-refractivity contribution in [1.82, 2.24) is 0 Å². The van der Waals surface area contributed by atoms with Gasteiger partial charge < -0.3 is 0 Å². The third kappa shape index (κ3) is 1.30. The van der Waals surface area contributed by atoms with Gasteiger partial charge in [0.1, 0.15) is 0 Å². The van der Waals surface area contributed by atoms with Crippen LogP contribution >= 0.6 is 0 Å². The van der Waals surface area contributed by atoms with Gasteiger partial charge in [0, 0.05) is 0 Å². The van der Waals surface area contributed by atoms with Crippen LogP contribution < -0.4 is 0 Å². The van der Waals surface area contributed by atoms with Gasteiger partial charge in [0.2, 0.25) is 0 Å². The normalized spacial score (nSPS) is 23.6. The van der Waals surface area contributed by atoms with Crippen molar-refractivity contribution in [3.8, 4) is 0 Å². The minimum atomic E-state index is -0.541. The van der Waals surface area contributed by atoms with Gasteiger partial charge in [-0.05, 0) is 0 Å². The Morgan fingerprint density at radius 3 is 1.36 bits per heavy atom. The SMILES string of the molecule is O[Se]C12c3ccccc3C(c3ccccc31)c1ccccc12. The Labute approximate surface area is 136 Å². The number of hydrogen-bond acceptors (Lipinski definition) is 1. The molecule has 0 unspecified atom stereocenters. The molecule has 2 heteroatoms. The van der Waals surface area contributed by atoms with Crippen LogP contribution in [-0.4, -0.2) is 19.5 Å². The molecule has 3 aromatic carbocycles. The summed E-state index contributed by atoms with van der Waals surface area (Å²) in [6, 6.07) is 25.9. The van der Waals surface area contributed by atoms with E-state index < -0.39 is 15.3 Å². The molecular formula is C20H14OSe. The van der Waals surface area contributed by atoms with E-state index in [4.69, 9.17) is 0 Å². The van der Waals surface area contributed by atoms with Crippen molar-refractivity contribution < 1.29 is 4.19 Å². The summed E-state index contributed by atoms with van der Waals surface area (Å²) in [7, 11) is 0. The maximum atomic E-state index is 10.6. The Balaban J connectivity index is 2.00. The minimum absolute atomic E-state index is 0.299. The van der Waals surface area contributed by atoms with Gasteiger partial charge in [-0.2, -0.15) is 0 Å². The van der Waals surface area contributed by atoms with E-state index in [9.17, 15) is 4.19 Å². The zero-order valence-corrected chi connectivity index (χ0v) is 13.6. The zero-order chi connectivity index (χ0) is 14.7. The van der Waals surface area contributed by atoms with Crippen LogP contribution in [0.15, 0.2) is 72.8 Å². The summed E-state index contributed by atoms with van der Waals surface area (Å²) in [5, 5.41) is 0. The van der Waals surface area contributed by atoms with Crippen LogP contribution in [-0.2, 0) is 4.31 Å². The Kier molecular flexibility index (Phi) is 2.49. The first kappa shape index (κ1) is 12.7. The predicted octanol–water partition coefficient (Wildman–Crippen LogP) is 3.40. The Hall–Kier alpha value is -1.86. The summed E-state index contributed by atoms with van der Waals surface area (Å²) in [6.45, 7) is 0. The van der Waals surface area contributed by atoms with Gasteiger partial charge in [0.25, 0.3) is 0 Å².